The molecule has 0 saturated carbocycles. The third-order valence-electron chi connectivity index (χ3n) is 5.23. The molecule has 2 rings (SSSR count). The maximum absolute atomic E-state index is 10.5. The summed E-state index contributed by atoms with van der Waals surface area (Å²) in [4.78, 5) is 26.6. The van der Waals surface area contributed by atoms with E-state index < -0.39 is 11.9 Å². The van der Waals surface area contributed by atoms with Gasteiger partial charge < -0.3 is 30.0 Å². The van der Waals surface area contributed by atoms with E-state index in [9.17, 15) is 10.2 Å². The van der Waals surface area contributed by atoms with Crippen LogP contribution in [0, 0.1) is 11.8 Å². The Labute approximate surface area is 249 Å². The summed E-state index contributed by atoms with van der Waals surface area (Å²) in [6, 6.07) is 8.19. The maximum atomic E-state index is 10.5. The quantitative estimate of drug-likeness (QED) is 0.399. The number of carbonyl (C=O) groups excluding carboxylic acids is 2. The zero-order valence-electron chi connectivity index (χ0n) is 24.9. The Bertz CT molecular complexity index is 1030. The van der Waals surface area contributed by atoms with Crippen molar-refractivity contribution < 1.29 is 46.8 Å². The van der Waals surface area contributed by atoms with E-state index in [2.05, 4.69) is 49.8 Å². The number of phenolic OH excluding ortho intramolecular Hbond substituents is 2. The predicted octanol–water partition coefficient (Wildman–Crippen LogP) is 3.63. The molecule has 2 aromatic rings. The van der Waals surface area contributed by atoms with Crippen LogP contribution in [0.25, 0.3) is 0 Å². The second kappa shape index (κ2) is 20.7. The van der Waals surface area contributed by atoms with Crippen LogP contribution >= 0.6 is 0 Å². The molecule has 223 valence electrons. The van der Waals surface area contributed by atoms with Crippen LogP contribution in [0.1, 0.15) is 88.8 Å². The number of benzene rings is 2. The van der Waals surface area contributed by atoms with E-state index in [1.807, 2.05) is 26.0 Å². The molecule has 0 aliphatic heterocycles. The SMILES string of the molecule is CC(=O)[O-].CC(=O)[O-].CCc1cc(CC(C)C)cc(C=NCN=Cc2cc(CC(C)C)cc(CC)c2O)c1O.[Co+2]. The van der Waals surface area contributed by atoms with E-state index >= 15 is 0 Å². The van der Waals surface area contributed by atoms with Crippen LogP contribution in [0.3, 0.4) is 0 Å². The van der Waals surface area contributed by atoms with Gasteiger partial charge in [-0.1, -0.05) is 53.7 Å². The Kier molecular flexibility index (Phi) is 20.2. The molecule has 0 heterocycles. The Morgan fingerprint density at radius 2 is 1.05 bits per heavy atom. The van der Waals surface area contributed by atoms with Crippen molar-refractivity contribution in [2.45, 2.75) is 81.1 Å². The van der Waals surface area contributed by atoms with Crippen molar-refractivity contribution in [3.05, 3.63) is 57.6 Å². The van der Waals surface area contributed by atoms with E-state index in [1.54, 1.807) is 12.4 Å². The number of aromatic hydroxyl groups is 2. The van der Waals surface area contributed by atoms with Crippen LogP contribution in [0.2, 0.25) is 0 Å². The molecule has 0 fully saturated rings. The van der Waals surface area contributed by atoms with E-state index in [4.69, 9.17) is 19.8 Å². The number of aryl methyl sites for hydroxylation is 2. The Hall–Kier alpha value is -3.17. The fourth-order valence-electron chi connectivity index (χ4n) is 3.81. The van der Waals surface area contributed by atoms with Gasteiger partial charge in [-0.15, -0.1) is 0 Å². The van der Waals surface area contributed by atoms with Gasteiger partial charge in [-0.3, -0.25) is 9.98 Å². The molecule has 0 amide bonds. The predicted molar refractivity (Wildman–Crippen MR) is 153 cm³/mol. The Balaban J connectivity index is 0. The van der Waals surface area contributed by atoms with Crippen molar-refractivity contribution in [3.8, 4) is 11.5 Å². The average molecular weight is 600 g/mol. The first-order valence-electron chi connectivity index (χ1n) is 13.3. The smallest absolute Gasteiger partial charge is 0.550 e. The average Bonchev–Trinajstić information content (AvgIpc) is 2.80. The number of carbonyl (C=O) groups is 2. The van der Waals surface area contributed by atoms with Gasteiger partial charge in [0, 0.05) is 35.5 Å². The molecule has 0 spiro atoms. The molecule has 0 bridgehead atoms. The van der Waals surface area contributed by atoms with Crippen LogP contribution in [-0.4, -0.2) is 41.2 Å². The topological polar surface area (TPSA) is 145 Å². The molecule has 0 aliphatic rings. The minimum Gasteiger partial charge on any atom is -0.550 e. The number of carboxylic acid groups (broad SMARTS) is 2. The van der Waals surface area contributed by atoms with E-state index in [0.29, 0.717) is 23.3 Å². The first-order chi connectivity index (χ1) is 18.2. The normalized spacial score (nSPS) is 10.7. The molecule has 2 N–H and O–H groups in total. The maximum Gasteiger partial charge on any atom is 2.00 e. The fourth-order valence-corrected chi connectivity index (χ4v) is 3.81. The minimum atomic E-state index is -1.08. The summed E-state index contributed by atoms with van der Waals surface area (Å²) in [6.07, 6.45) is 6.89. The van der Waals surface area contributed by atoms with Crippen molar-refractivity contribution >= 4 is 24.4 Å². The van der Waals surface area contributed by atoms with Gasteiger partial charge >= 0.3 is 16.8 Å². The van der Waals surface area contributed by atoms with Crippen LogP contribution in [0.15, 0.2) is 34.3 Å². The number of hydrogen-bond acceptors (Lipinski definition) is 8. The van der Waals surface area contributed by atoms with Gasteiger partial charge in [0.2, 0.25) is 0 Å². The van der Waals surface area contributed by atoms with Crippen LogP contribution in [0.4, 0.5) is 0 Å². The number of rotatable bonds is 10. The zero-order valence-corrected chi connectivity index (χ0v) is 26.0. The van der Waals surface area contributed by atoms with Crippen molar-refractivity contribution in [1.29, 1.82) is 0 Å². The summed E-state index contributed by atoms with van der Waals surface area (Å²) >= 11 is 0. The van der Waals surface area contributed by atoms with Gasteiger partial charge in [0.25, 0.3) is 0 Å². The first-order valence-corrected chi connectivity index (χ1v) is 13.3. The van der Waals surface area contributed by atoms with Crippen molar-refractivity contribution in [2.24, 2.45) is 21.8 Å². The van der Waals surface area contributed by atoms with Crippen LogP contribution in [-0.2, 0) is 52.1 Å². The Morgan fingerprint density at radius 3 is 1.30 bits per heavy atom. The Morgan fingerprint density at radius 1 is 0.750 bits per heavy atom. The second-order valence-corrected chi connectivity index (χ2v) is 10.0. The molecular weight excluding hydrogens is 555 g/mol. The summed E-state index contributed by atoms with van der Waals surface area (Å²) in [5.74, 6) is -0.463. The minimum absolute atomic E-state index is 0. The second-order valence-electron chi connectivity index (χ2n) is 10.0. The van der Waals surface area contributed by atoms with Crippen molar-refractivity contribution in [3.63, 3.8) is 0 Å². The number of aliphatic imine (C=N–C) groups is 2. The van der Waals surface area contributed by atoms with Crippen molar-refractivity contribution in [2.75, 3.05) is 6.67 Å². The van der Waals surface area contributed by atoms with Gasteiger partial charge in [0.05, 0.1) is 0 Å². The largest absolute Gasteiger partial charge is 2.00 e. The van der Waals surface area contributed by atoms with Crippen molar-refractivity contribution in [1.82, 2.24) is 0 Å². The van der Waals surface area contributed by atoms with Gasteiger partial charge in [-0.2, -0.15) is 0 Å². The molecule has 0 atom stereocenters. The first kappa shape index (κ1) is 39.0. The standard InChI is InChI=1S/C27H38N2O2.2C2H4O2.Co/c1-7-22-11-20(9-18(3)4)13-24(26(22)30)15-28-17-29-16-25-14-21(10-19(5)6)12-23(8-2)27(25)31;2*1-2(3)4;/h11-16,18-19,30-31H,7-10,17H2,1-6H3;2*1H3,(H,3,4);/q;;;+2/p-2. The van der Waals surface area contributed by atoms with E-state index in [1.165, 1.54) is 11.1 Å². The van der Waals surface area contributed by atoms with Gasteiger partial charge in [-0.05, 0) is 85.8 Å². The van der Waals surface area contributed by atoms with Gasteiger partial charge in [0.15, 0.2) is 0 Å². The third-order valence-corrected chi connectivity index (χ3v) is 5.23. The monoisotopic (exact) mass is 599 g/mol. The van der Waals surface area contributed by atoms with Crippen LogP contribution in [0.5, 0.6) is 11.5 Å². The van der Waals surface area contributed by atoms with Gasteiger partial charge in [0.1, 0.15) is 18.2 Å². The molecule has 9 heteroatoms. The molecule has 0 aliphatic carbocycles. The zero-order chi connectivity index (χ0) is 30.1. The molecule has 40 heavy (non-hydrogen) atoms. The van der Waals surface area contributed by atoms with E-state index in [0.717, 1.165) is 61.8 Å². The summed E-state index contributed by atoms with van der Waals surface area (Å²) in [5.41, 5.74) is 5.80. The number of nitrogens with zero attached hydrogens (tertiary/aromatic N) is 2. The number of carboxylic acids is 2. The van der Waals surface area contributed by atoms with Crippen LogP contribution < -0.4 is 10.2 Å². The summed E-state index contributed by atoms with van der Waals surface area (Å²) in [5, 5.41) is 38.8. The third kappa shape index (κ3) is 16.7. The number of phenols is 2. The molecule has 0 aromatic heterocycles. The fraction of sp³-hybridized carbons (Fsp3) is 0.484. The molecular formula is C31H44CoN2O6. The molecule has 8 nitrogen and oxygen atoms in total. The summed E-state index contributed by atoms with van der Waals surface area (Å²) in [7, 11) is 0. The molecule has 2 aromatic carbocycles. The number of hydrogen-bond donors (Lipinski definition) is 2. The molecule has 0 saturated heterocycles. The number of aliphatic carboxylic acids is 2. The summed E-state index contributed by atoms with van der Waals surface area (Å²) < 4.78 is 0. The van der Waals surface area contributed by atoms with Gasteiger partial charge in [-0.25, -0.2) is 0 Å². The molecule has 1 radical (unpaired) electrons. The summed E-state index contributed by atoms with van der Waals surface area (Å²) in [6.45, 7) is 15.0. The van der Waals surface area contributed by atoms with E-state index in [-0.39, 0.29) is 23.4 Å². The molecule has 0 unspecified atom stereocenters.